The Labute approximate surface area is 173 Å². The second-order valence-electron chi connectivity index (χ2n) is 8.39. The van der Waals surface area contributed by atoms with Gasteiger partial charge in [-0.25, -0.2) is 9.69 Å². The first-order chi connectivity index (χ1) is 12.8. The average Bonchev–Trinajstić information content (AvgIpc) is 2.58. The number of imide groups is 1. The van der Waals surface area contributed by atoms with Crippen molar-refractivity contribution in [3.8, 4) is 0 Å². The first-order valence-corrected chi connectivity index (χ1v) is 13.3. The molecule has 0 radical (unpaired) electrons. The number of ether oxygens (including phenoxy) is 1. The average molecular weight is 431 g/mol. The number of nitrogens with zero attached hydrogens (tertiary/aromatic N) is 1. The lowest BCUT2D eigenvalue weighted by Crippen LogP contribution is -2.66. The molecule has 3 atom stereocenters. The van der Waals surface area contributed by atoms with Gasteiger partial charge in [0.05, 0.1) is 18.6 Å². The van der Waals surface area contributed by atoms with Crippen LogP contribution in [0.4, 0.5) is 4.79 Å². The molecule has 0 aromatic rings. The van der Waals surface area contributed by atoms with Crippen molar-refractivity contribution in [3.05, 3.63) is 12.7 Å². The number of β-lactam (4-membered cyclic amide) rings is 1. The lowest BCUT2D eigenvalue weighted by atomic mass is 9.93. The van der Waals surface area contributed by atoms with E-state index in [2.05, 4.69) is 47.4 Å². The minimum atomic E-state index is -2.20. The fourth-order valence-electron chi connectivity index (χ4n) is 3.01. The Balaban J connectivity index is 3.02. The predicted molar refractivity (Wildman–Crippen MR) is 114 cm³/mol. The largest absolute Gasteiger partial charge is 0.445 e. The third kappa shape index (κ3) is 5.06. The number of carbonyl (C=O) groups excluding carboxylic acids is 3. The van der Waals surface area contributed by atoms with E-state index in [0.29, 0.717) is 5.92 Å². The molecule has 0 aliphatic carbocycles. The van der Waals surface area contributed by atoms with Gasteiger partial charge >= 0.3 is 6.09 Å². The monoisotopic (exact) mass is 430 g/mol. The second kappa shape index (κ2) is 9.56. The Kier molecular flexibility index (Phi) is 8.49. The zero-order valence-corrected chi connectivity index (χ0v) is 19.8. The van der Waals surface area contributed by atoms with Crippen LogP contribution in [0.5, 0.6) is 0 Å². The Morgan fingerprint density at radius 3 is 2.39 bits per heavy atom. The maximum absolute atomic E-state index is 12.7. The van der Waals surface area contributed by atoms with E-state index in [4.69, 9.17) is 14.9 Å². The zero-order valence-electron chi connectivity index (χ0n) is 18.0. The molecule has 1 saturated heterocycles. The van der Waals surface area contributed by atoms with Crippen molar-refractivity contribution < 1.29 is 23.5 Å². The van der Waals surface area contributed by atoms with Crippen LogP contribution in [0, 0.1) is 11.8 Å². The zero-order chi connectivity index (χ0) is 21.9. The van der Waals surface area contributed by atoms with Crippen LogP contribution in [0.15, 0.2) is 12.7 Å². The molecule has 0 aromatic carbocycles. The molecule has 0 spiro atoms. The summed E-state index contributed by atoms with van der Waals surface area (Å²) in [5, 5.41) is -0.995. The van der Waals surface area contributed by atoms with E-state index in [0.717, 1.165) is 16.7 Å². The first kappa shape index (κ1) is 24.9. The van der Waals surface area contributed by atoms with E-state index in [1.165, 1.54) is 6.08 Å². The summed E-state index contributed by atoms with van der Waals surface area (Å²) in [6.07, 6.45) is 0.203. The van der Waals surface area contributed by atoms with Gasteiger partial charge in [0.2, 0.25) is 11.0 Å². The molecule has 9 heteroatoms. The number of nitrogens with two attached hydrogens (primary N) is 1. The van der Waals surface area contributed by atoms with Crippen LogP contribution in [0.25, 0.3) is 0 Å². The molecule has 1 heterocycles. The van der Waals surface area contributed by atoms with Crippen LogP contribution < -0.4 is 5.73 Å². The van der Waals surface area contributed by atoms with Crippen LogP contribution in [0.3, 0.4) is 0 Å². The highest BCUT2D eigenvalue weighted by molar-refractivity contribution is 8.14. The summed E-state index contributed by atoms with van der Waals surface area (Å²) >= 11 is 0.886. The minimum Gasteiger partial charge on any atom is -0.445 e. The van der Waals surface area contributed by atoms with Crippen LogP contribution in [-0.2, 0) is 18.8 Å². The van der Waals surface area contributed by atoms with E-state index in [9.17, 15) is 14.4 Å². The molecule has 7 nitrogen and oxygen atoms in total. The summed E-state index contributed by atoms with van der Waals surface area (Å²) in [4.78, 5) is 37.8. The van der Waals surface area contributed by atoms with Crippen molar-refractivity contribution in [1.29, 1.82) is 0 Å². The number of hydrogen-bond donors (Lipinski definition) is 1. The Bertz CT molecular complexity index is 623. The van der Waals surface area contributed by atoms with Gasteiger partial charge in [0, 0.05) is 0 Å². The van der Waals surface area contributed by atoms with Gasteiger partial charge in [0.15, 0.2) is 8.32 Å². The molecule has 0 aromatic heterocycles. The first-order valence-electron chi connectivity index (χ1n) is 9.49. The van der Waals surface area contributed by atoms with E-state index in [1.54, 1.807) is 0 Å². The number of rotatable bonds is 9. The van der Waals surface area contributed by atoms with Gasteiger partial charge in [-0.05, 0) is 31.0 Å². The van der Waals surface area contributed by atoms with Crippen LogP contribution in [-0.4, -0.2) is 55.0 Å². The molecule has 2 amide bonds. The van der Waals surface area contributed by atoms with Crippen LogP contribution in [0.2, 0.25) is 18.1 Å². The quantitative estimate of drug-likeness (QED) is 0.340. The normalized spacial score (nSPS) is 21.3. The molecule has 0 unspecified atom stereocenters. The molecule has 2 N–H and O–H groups in total. The molecule has 28 heavy (non-hydrogen) atoms. The number of amides is 2. The highest BCUT2D eigenvalue weighted by Crippen LogP contribution is 2.47. The number of thioether (sulfide) groups is 1. The molecular formula is C19H34N2O5SSi. The Morgan fingerprint density at radius 2 is 1.93 bits per heavy atom. The van der Waals surface area contributed by atoms with Crippen molar-refractivity contribution in [2.75, 3.05) is 13.2 Å². The fraction of sp³-hybridized carbons (Fsp3) is 0.737. The standard InChI is InChI=1S/C19H34N2O5SSi/c1-9-10-25-18(24)21-16(23)15(17(21)27-14(22)11-20)13(4)26-28(7,8)19(5,6)12(2)3/h9,12-13,15,17H,1,10-11,20H2,2-8H3/t13-,15-,17-/m1/s1. The molecule has 1 aliphatic rings. The van der Waals surface area contributed by atoms with Gasteiger partial charge in [0.25, 0.3) is 0 Å². The molecular weight excluding hydrogens is 396 g/mol. The summed E-state index contributed by atoms with van der Waals surface area (Å²) in [6.45, 7) is 18.1. The second-order valence-corrected chi connectivity index (χ2v) is 14.1. The SMILES string of the molecule is C=CCOC(=O)N1C(=O)[C@@H]([C@@H](C)O[Si](C)(C)C(C)(C)C(C)C)[C@H]1SC(=O)CN. The number of hydrogen-bond acceptors (Lipinski definition) is 7. The third-order valence-electron chi connectivity index (χ3n) is 6.01. The van der Waals surface area contributed by atoms with Gasteiger partial charge in [-0.3, -0.25) is 9.59 Å². The molecule has 0 bridgehead atoms. The van der Waals surface area contributed by atoms with E-state index in [-0.39, 0.29) is 23.3 Å². The number of likely N-dealkylation sites (tertiary alicyclic amines) is 1. The molecule has 1 aliphatic heterocycles. The topological polar surface area (TPSA) is 98.9 Å². The van der Waals surface area contributed by atoms with Crippen molar-refractivity contribution >= 4 is 37.2 Å². The molecule has 160 valence electrons. The van der Waals surface area contributed by atoms with E-state index < -0.39 is 37.7 Å². The maximum Gasteiger partial charge on any atom is 0.417 e. The van der Waals surface area contributed by atoms with E-state index >= 15 is 0 Å². The highest BCUT2D eigenvalue weighted by Gasteiger charge is 2.57. The van der Waals surface area contributed by atoms with Gasteiger partial charge in [-0.2, -0.15) is 0 Å². The Morgan fingerprint density at radius 1 is 1.36 bits per heavy atom. The van der Waals surface area contributed by atoms with Gasteiger partial charge in [-0.15, -0.1) is 0 Å². The predicted octanol–water partition coefficient (Wildman–Crippen LogP) is 3.36. The van der Waals surface area contributed by atoms with Crippen molar-refractivity contribution in [2.45, 2.75) is 64.2 Å². The van der Waals surface area contributed by atoms with Crippen molar-refractivity contribution in [2.24, 2.45) is 17.6 Å². The minimum absolute atomic E-state index is 0.00984. The summed E-state index contributed by atoms with van der Waals surface area (Å²) in [7, 11) is -2.20. The summed E-state index contributed by atoms with van der Waals surface area (Å²) < 4.78 is 11.4. The van der Waals surface area contributed by atoms with Crippen LogP contribution in [0.1, 0.15) is 34.6 Å². The summed E-state index contributed by atoms with van der Waals surface area (Å²) in [6, 6.07) is 0. The smallest absolute Gasteiger partial charge is 0.417 e. The summed E-state index contributed by atoms with van der Waals surface area (Å²) in [5.41, 5.74) is 5.42. The van der Waals surface area contributed by atoms with Crippen LogP contribution >= 0.6 is 11.8 Å². The Hall–Kier alpha value is -1.16. The van der Waals surface area contributed by atoms with Gasteiger partial charge < -0.3 is 14.9 Å². The van der Waals surface area contributed by atoms with Crippen molar-refractivity contribution in [1.82, 2.24) is 4.90 Å². The highest BCUT2D eigenvalue weighted by atomic mass is 32.2. The molecule has 1 fully saturated rings. The fourth-order valence-corrected chi connectivity index (χ4v) is 6.92. The van der Waals surface area contributed by atoms with E-state index in [1.807, 2.05) is 6.92 Å². The molecule has 1 rings (SSSR count). The van der Waals surface area contributed by atoms with Gasteiger partial charge in [-0.1, -0.05) is 52.1 Å². The van der Waals surface area contributed by atoms with Crippen molar-refractivity contribution in [3.63, 3.8) is 0 Å². The summed E-state index contributed by atoms with van der Waals surface area (Å²) in [5.74, 6) is -0.588. The lowest BCUT2D eigenvalue weighted by Gasteiger charge is -2.50. The lowest BCUT2D eigenvalue weighted by molar-refractivity contribution is -0.152. The third-order valence-corrected chi connectivity index (χ3v) is 11.8. The van der Waals surface area contributed by atoms with Gasteiger partial charge in [0.1, 0.15) is 12.0 Å². The maximum atomic E-state index is 12.7. The number of carbonyl (C=O) groups is 3. The molecule has 0 saturated carbocycles.